The van der Waals surface area contributed by atoms with Crippen molar-refractivity contribution in [2.24, 2.45) is 5.92 Å². The Morgan fingerprint density at radius 1 is 0.857 bits per heavy atom. The van der Waals surface area contributed by atoms with E-state index in [4.69, 9.17) is 4.74 Å². The van der Waals surface area contributed by atoms with Gasteiger partial charge in [-0.2, -0.15) is 0 Å². The van der Waals surface area contributed by atoms with E-state index >= 15 is 0 Å². The van der Waals surface area contributed by atoms with Gasteiger partial charge in [0.2, 0.25) is 0 Å². The van der Waals surface area contributed by atoms with Crippen LogP contribution < -0.4 is 0 Å². The van der Waals surface area contributed by atoms with E-state index in [2.05, 4.69) is 68.4 Å². The summed E-state index contributed by atoms with van der Waals surface area (Å²) in [4.78, 5) is 0. The first kappa shape index (κ1) is 15.8. The first-order valence-corrected chi connectivity index (χ1v) is 7.99. The zero-order chi connectivity index (χ0) is 14.9. The molecule has 0 aromatic heterocycles. The molecule has 1 heteroatoms. The minimum Gasteiger partial charge on any atom is -0.373 e. The lowest BCUT2D eigenvalue weighted by Crippen LogP contribution is -2.23. The lowest BCUT2D eigenvalue weighted by atomic mass is 9.93. The normalized spacial score (nSPS) is 13.8. The van der Waals surface area contributed by atoms with Crippen molar-refractivity contribution in [1.29, 1.82) is 0 Å². The topological polar surface area (TPSA) is 9.23 Å². The van der Waals surface area contributed by atoms with Crippen LogP contribution in [0, 0.1) is 5.92 Å². The Bertz CT molecular complexity index is 492. The molecule has 112 valence electrons. The van der Waals surface area contributed by atoms with E-state index in [9.17, 15) is 0 Å². The molecule has 0 heterocycles. The average Bonchev–Trinajstić information content (AvgIpc) is 2.53. The highest BCUT2D eigenvalue weighted by Gasteiger charge is 2.17. The van der Waals surface area contributed by atoms with Gasteiger partial charge >= 0.3 is 0 Å². The molecule has 21 heavy (non-hydrogen) atoms. The molecule has 0 saturated carbocycles. The van der Waals surface area contributed by atoms with Gasteiger partial charge in [-0.15, -0.1) is 0 Å². The molecule has 0 N–H and O–H groups in total. The molecule has 2 atom stereocenters. The van der Waals surface area contributed by atoms with Gasteiger partial charge in [0.15, 0.2) is 0 Å². The number of hydrogen-bond donors (Lipinski definition) is 0. The number of benzene rings is 2. The molecule has 0 fully saturated rings. The third kappa shape index (κ3) is 5.35. The van der Waals surface area contributed by atoms with Gasteiger partial charge in [-0.05, 0) is 29.9 Å². The van der Waals surface area contributed by atoms with Crippen molar-refractivity contribution in [1.82, 2.24) is 0 Å². The molecule has 0 aliphatic carbocycles. The Labute approximate surface area is 129 Å². The molecule has 0 unspecified atom stereocenters. The van der Waals surface area contributed by atoms with Gasteiger partial charge in [0, 0.05) is 0 Å². The van der Waals surface area contributed by atoms with Crippen LogP contribution in [0.4, 0.5) is 0 Å². The van der Waals surface area contributed by atoms with Crippen molar-refractivity contribution in [3.8, 4) is 0 Å². The number of ether oxygens (including phenoxy) is 1. The fraction of sp³-hybridized carbons (Fsp3) is 0.400. The zero-order valence-electron chi connectivity index (χ0n) is 13.2. The van der Waals surface area contributed by atoms with Crippen molar-refractivity contribution in [2.45, 2.75) is 45.8 Å². The first-order chi connectivity index (χ1) is 10.3. The molecule has 2 rings (SSSR count). The monoisotopic (exact) mass is 282 g/mol. The molecule has 0 radical (unpaired) electrons. The third-order valence-corrected chi connectivity index (χ3v) is 3.92. The second-order valence-corrected chi connectivity index (χ2v) is 5.79. The van der Waals surface area contributed by atoms with Gasteiger partial charge in [-0.3, -0.25) is 0 Å². The van der Waals surface area contributed by atoms with Gasteiger partial charge in [0.05, 0.1) is 12.7 Å². The SMILES string of the molecule is CCC[C@@H](OCc1ccccc1)[C@H](C)Cc1ccccc1. The smallest absolute Gasteiger partial charge is 0.0720 e. The van der Waals surface area contributed by atoms with Crippen molar-refractivity contribution in [2.75, 3.05) is 0 Å². The fourth-order valence-corrected chi connectivity index (χ4v) is 2.71. The highest BCUT2D eigenvalue weighted by molar-refractivity contribution is 5.15. The van der Waals surface area contributed by atoms with E-state index < -0.39 is 0 Å². The molecular weight excluding hydrogens is 256 g/mol. The zero-order valence-corrected chi connectivity index (χ0v) is 13.2. The summed E-state index contributed by atoms with van der Waals surface area (Å²) in [6.45, 7) is 5.25. The van der Waals surface area contributed by atoms with Crippen LogP contribution in [0.1, 0.15) is 37.8 Å². The third-order valence-electron chi connectivity index (χ3n) is 3.92. The predicted molar refractivity (Wildman–Crippen MR) is 89.2 cm³/mol. The summed E-state index contributed by atoms with van der Waals surface area (Å²) in [5.41, 5.74) is 2.65. The van der Waals surface area contributed by atoms with Gasteiger partial charge in [-0.25, -0.2) is 0 Å². The molecule has 0 saturated heterocycles. The summed E-state index contributed by atoms with van der Waals surface area (Å²) in [7, 11) is 0. The van der Waals surface area contributed by atoms with Crippen LogP contribution in [-0.2, 0) is 17.8 Å². The lowest BCUT2D eigenvalue weighted by molar-refractivity contribution is 0.0000431. The Balaban J connectivity index is 1.91. The maximum absolute atomic E-state index is 6.20. The second-order valence-electron chi connectivity index (χ2n) is 5.79. The largest absolute Gasteiger partial charge is 0.373 e. The van der Waals surface area contributed by atoms with Crippen molar-refractivity contribution in [3.63, 3.8) is 0 Å². The minimum absolute atomic E-state index is 0.329. The Kier molecular flexibility index (Phi) is 6.49. The van der Waals surface area contributed by atoms with Crippen molar-refractivity contribution >= 4 is 0 Å². The van der Waals surface area contributed by atoms with E-state index in [0.717, 1.165) is 12.8 Å². The molecule has 0 aliphatic rings. The maximum atomic E-state index is 6.20. The first-order valence-electron chi connectivity index (χ1n) is 7.99. The van der Waals surface area contributed by atoms with Crippen LogP contribution in [0.25, 0.3) is 0 Å². The molecule has 1 nitrogen and oxygen atoms in total. The average molecular weight is 282 g/mol. The summed E-state index contributed by atoms with van der Waals surface area (Å²) in [6, 6.07) is 21.2. The van der Waals surface area contributed by atoms with E-state index in [1.807, 2.05) is 6.07 Å². The van der Waals surface area contributed by atoms with Crippen LogP contribution >= 0.6 is 0 Å². The van der Waals surface area contributed by atoms with Gasteiger partial charge in [0.25, 0.3) is 0 Å². The van der Waals surface area contributed by atoms with Crippen LogP contribution in [0.15, 0.2) is 60.7 Å². The van der Waals surface area contributed by atoms with Crippen molar-refractivity contribution in [3.05, 3.63) is 71.8 Å². The van der Waals surface area contributed by atoms with E-state index in [-0.39, 0.29) is 0 Å². The van der Waals surface area contributed by atoms with Gasteiger partial charge in [0.1, 0.15) is 0 Å². The summed E-state index contributed by atoms with van der Waals surface area (Å²) < 4.78 is 6.20. The summed E-state index contributed by atoms with van der Waals surface area (Å²) in [5.74, 6) is 0.538. The molecular formula is C20H26O. The highest BCUT2D eigenvalue weighted by Crippen LogP contribution is 2.20. The van der Waals surface area contributed by atoms with Gasteiger partial charge in [-0.1, -0.05) is 80.9 Å². The van der Waals surface area contributed by atoms with Crippen LogP contribution in [0.5, 0.6) is 0 Å². The number of hydrogen-bond acceptors (Lipinski definition) is 1. The highest BCUT2D eigenvalue weighted by atomic mass is 16.5. The molecule has 0 amide bonds. The summed E-state index contributed by atoms with van der Waals surface area (Å²) >= 11 is 0. The second kappa shape index (κ2) is 8.63. The lowest BCUT2D eigenvalue weighted by Gasteiger charge is -2.24. The van der Waals surface area contributed by atoms with E-state index in [1.165, 1.54) is 17.5 Å². The Morgan fingerprint density at radius 2 is 1.43 bits per heavy atom. The quantitative estimate of drug-likeness (QED) is 0.642. The maximum Gasteiger partial charge on any atom is 0.0720 e. The van der Waals surface area contributed by atoms with E-state index in [0.29, 0.717) is 18.6 Å². The Hall–Kier alpha value is -1.60. The van der Waals surface area contributed by atoms with Gasteiger partial charge < -0.3 is 4.74 Å². The minimum atomic E-state index is 0.329. The molecule has 2 aromatic rings. The van der Waals surface area contributed by atoms with Crippen LogP contribution in [-0.4, -0.2) is 6.10 Å². The molecule has 0 aliphatic heterocycles. The molecule has 0 bridgehead atoms. The predicted octanol–water partition coefficient (Wildman–Crippen LogP) is 5.25. The van der Waals surface area contributed by atoms with Crippen molar-refractivity contribution < 1.29 is 4.74 Å². The van der Waals surface area contributed by atoms with Crippen LogP contribution in [0.2, 0.25) is 0 Å². The fourth-order valence-electron chi connectivity index (χ4n) is 2.71. The summed E-state index contributed by atoms with van der Waals surface area (Å²) in [6.07, 6.45) is 3.70. The number of rotatable bonds is 8. The summed E-state index contributed by atoms with van der Waals surface area (Å²) in [5, 5.41) is 0. The molecule has 0 spiro atoms. The standard InChI is InChI=1S/C20H26O/c1-3-10-20(21-16-19-13-8-5-9-14-19)17(2)15-18-11-6-4-7-12-18/h4-9,11-14,17,20H,3,10,15-16H2,1-2H3/t17-,20-/m1/s1. The Morgan fingerprint density at radius 3 is 2.00 bits per heavy atom. The van der Waals surface area contributed by atoms with Crippen LogP contribution in [0.3, 0.4) is 0 Å². The molecule has 2 aromatic carbocycles. The van der Waals surface area contributed by atoms with E-state index in [1.54, 1.807) is 0 Å².